The number of hydrogen-bond acceptors (Lipinski definition) is 5. The second-order valence-electron chi connectivity index (χ2n) is 11.4. The molecular formula is C31H43N3O4S. The first-order valence-corrected chi connectivity index (χ1v) is 15.0. The normalized spacial score (nSPS) is 29.0. The number of carbonyl (C=O) groups excluding carboxylic acids is 3. The number of likely N-dealkylation sites (tertiary alicyclic amines) is 1. The molecule has 3 saturated heterocycles. The maximum atomic E-state index is 14.3. The Morgan fingerprint density at radius 1 is 1.15 bits per heavy atom. The Labute approximate surface area is 237 Å². The van der Waals surface area contributed by atoms with Crippen LogP contribution in [-0.4, -0.2) is 85.8 Å². The molecule has 3 heterocycles. The molecule has 3 aliphatic heterocycles. The van der Waals surface area contributed by atoms with E-state index in [4.69, 9.17) is 0 Å². The van der Waals surface area contributed by atoms with Gasteiger partial charge in [-0.3, -0.25) is 14.4 Å². The van der Waals surface area contributed by atoms with Gasteiger partial charge in [0.15, 0.2) is 0 Å². The third-order valence-electron chi connectivity index (χ3n) is 8.68. The zero-order valence-electron chi connectivity index (χ0n) is 23.5. The summed E-state index contributed by atoms with van der Waals surface area (Å²) in [6.45, 7) is 15.5. The van der Waals surface area contributed by atoms with Gasteiger partial charge in [0.2, 0.25) is 17.7 Å². The molecule has 3 unspecified atom stereocenters. The third-order valence-corrected chi connectivity index (χ3v) is 10.8. The van der Waals surface area contributed by atoms with Gasteiger partial charge in [-0.15, -0.1) is 24.9 Å². The Bertz CT molecular complexity index is 1080. The summed E-state index contributed by atoms with van der Waals surface area (Å²) in [5.41, 5.74) is 1.03. The molecule has 212 valence electrons. The van der Waals surface area contributed by atoms with Gasteiger partial charge in [-0.1, -0.05) is 49.4 Å². The van der Waals surface area contributed by atoms with Gasteiger partial charge < -0.3 is 19.8 Å². The quantitative estimate of drug-likeness (QED) is 0.297. The molecule has 4 rings (SSSR count). The van der Waals surface area contributed by atoms with E-state index >= 15 is 0 Å². The summed E-state index contributed by atoms with van der Waals surface area (Å²) in [6.07, 6.45) is 5.43. The van der Waals surface area contributed by atoms with Crippen LogP contribution in [0.3, 0.4) is 0 Å². The van der Waals surface area contributed by atoms with E-state index in [1.54, 1.807) is 33.7 Å². The zero-order valence-corrected chi connectivity index (χ0v) is 24.3. The Kier molecular flexibility index (Phi) is 9.27. The number of aliphatic hydroxyl groups is 1. The van der Waals surface area contributed by atoms with E-state index in [2.05, 4.69) is 20.1 Å². The second kappa shape index (κ2) is 12.3. The van der Waals surface area contributed by atoms with Crippen molar-refractivity contribution in [1.82, 2.24) is 14.7 Å². The van der Waals surface area contributed by atoms with E-state index in [0.717, 1.165) is 12.0 Å². The number of rotatable bonds is 13. The van der Waals surface area contributed by atoms with Gasteiger partial charge in [0.25, 0.3) is 0 Å². The van der Waals surface area contributed by atoms with E-state index in [0.29, 0.717) is 39.0 Å². The molecule has 3 amide bonds. The summed E-state index contributed by atoms with van der Waals surface area (Å²) in [7, 11) is 0. The number of unbranched alkanes of at least 4 members (excludes halogenated alkanes) is 1. The summed E-state index contributed by atoms with van der Waals surface area (Å²) < 4.78 is -0.653. The third kappa shape index (κ3) is 5.18. The van der Waals surface area contributed by atoms with E-state index in [9.17, 15) is 19.5 Å². The molecule has 0 aliphatic carbocycles. The van der Waals surface area contributed by atoms with Crippen LogP contribution in [0.2, 0.25) is 0 Å². The highest BCUT2D eigenvalue weighted by Crippen LogP contribution is 2.69. The minimum absolute atomic E-state index is 0.00802. The van der Waals surface area contributed by atoms with Crippen LogP contribution < -0.4 is 0 Å². The monoisotopic (exact) mass is 553 g/mol. The molecule has 1 aromatic rings. The highest BCUT2D eigenvalue weighted by atomic mass is 32.2. The molecule has 2 bridgehead atoms. The predicted octanol–water partition coefficient (Wildman–Crippen LogP) is 3.73. The number of fused-ring (bicyclic) bond motifs is 1. The molecule has 6 atom stereocenters. The van der Waals surface area contributed by atoms with Crippen molar-refractivity contribution in [1.29, 1.82) is 0 Å². The van der Waals surface area contributed by atoms with Gasteiger partial charge in [0.05, 0.1) is 16.6 Å². The van der Waals surface area contributed by atoms with Crippen molar-refractivity contribution in [2.45, 2.75) is 68.7 Å². The van der Waals surface area contributed by atoms with E-state index < -0.39 is 22.6 Å². The molecule has 3 fully saturated rings. The Hall–Kier alpha value is -2.58. The second-order valence-corrected chi connectivity index (χ2v) is 12.9. The molecule has 3 aliphatic rings. The number of thioether (sulfide) groups is 1. The van der Waals surface area contributed by atoms with Crippen LogP contribution in [0, 0.1) is 17.8 Å². The standard InChI is InChI=1S/C31H43N3O4S/c1-6-15-32(20-23-13-9-8-10-14-23)28(36)25-24-19-22(5)31(39-24)26(25)29(37)34(17-11-12-18-35)27(31)30(38)33(16-7-2)21(3)4/h6-10,13-14,21-22,24-27,35H,1-2,11-12,15-20H2,3-5H3/t22?,24-,25+,26-,27?,31?/m0/s1. The number of nitrogens with zero attached hydrogens (tertiary/aromatic N) is 3. The molecule has 1 spiro atoms. The summed E-state index contributed by atoms with van der Waals surface area (Å²) >= 11 is 1.71. The van der Waals surface area contributed by atoms with E-state index in [1.165, 1.54) is 0 Å². The molecule has 7 nitrogen and oxygen atoms in total. The molecule has 1 aromatic carbocycles. The SMILES string of the molecule is C=CCN(Cc1ccccc1)C(=O)[C@@H]1[C@@H]2CC(C)C3(S2)C(C(=O)N(CC=C)C(C)C)N(CCCCO)C(=O)[C@H]13. The fourth-order valence-electron chi connectivity index (χ4n) is 6.97. The summed E-state index contributed by atoms with van der Waals surface area (Å²) in [5.74, 6) is -1.10. The minimum atomic E-state index is -0.653. The van der Waals surface area contributed by atoms with Crippen molar-refractivity contribution in [2.75, 3.05) is 26.2 Å². The zero-order chi connectivity index (χ0) is 28.3. The van der Waals surface area contributed by atoms with Crippen LogP contribution in [0.15, 0.2) is 55.6 Å². The Balaban J connectivity index is 1.73. The van der Waals surface area contributed by atoms with E-state index in [-0.39, 0.29) is 41.5 Å². The average Bonchev–Trinajstić information content (AvgIpc) is 3.50. The van der Waals surface area contributed by atoms with Gasteiger partial charge in [-0.05, 0) is 44.6 Å². The van der Waals surface area contributed by atoms with Crippen LogP contribution in [-0.2, 0) is 20.9 Å². The minimum Gasteiger partial charge on any atom is -0.396 e. The lowest BCUT2D eigenvalue weighted by Crippen LogP contribution is -2.58. The van der Waals surface area contributed by atoms with Crippen LogP contribution in [0.5, 0.6) is 0 Å². The van der Waals surface area contributed by atoms with Crippen molar-refractivity contribution in [2.24, 2.45) is 17.8 Å². The van der Waals surface area contributed by atoms with Gasteiger partial charge in [0.1, 0.15) is 6.04 Å². The van der Waals surface area contributed by atoms with E-state index in [1.807, 2.05) is 49.1 Å². The van der Waals surface area contributed by atoms with Crippen LogP contribution in [0.1, 0.15) is 45.6 Å². The van der Waals surface area contributed by atoms with Gasteiger partial charge in [-0.25, -0.2) is 0 Å². The van der Waals surface area contributed by atoms with Crippen molar-refractivity contribution in [3.8, 4) is 0 Å². The van der Waals surface area contributed by atoms with Crippen LogP contribution >= 0.6 is 11.8 Å². The van der Waals surface area contributed by atoms with Crippen molar-refractivity contribution in [3.05, 3.63) is 61.2 Å². The highest BCUT2D eigenvalue weighted by molar-refractivity contribution is 8.02. The highest BCUT2D eigenvalue weighted by Gasteiger charge is 2.76. The lowest BCUT2D eigenvalue weighted by Gasteiger charge is -2.41. The van der Waals surface area contributed by atoms with Crippen molar-refractivity contribution < 1.29 is 19.5 Å². The fourth-order valence-corrected chi connectivity index (χ4v) is 9.38. The largest absolute Gasteiger partial charge is 0.396 e. The van der Waals surface area contributed by atoms with Gasteiger partial charge in [-0.2, -0.15) is 0 Å². The summed E-state index contributed by atoms with van der Waals surface area (Å²) in [5, 5.41) is 9.41. The smallest absolute Gasteiger partial charge is 0.247 e. The maximum Gasteiger partial charge on any atom is 0.247 e. The first-order chi connectivity index (χ1) is 18.7. The maximum absolute atomic E-state index is 14.3. The van der Waals surface area contributed by atoms with Gasteiger partial charge in [0, 0.05) is 44.1 Å². The van der Waals surface area contributed by atoms with Crippen molar-refractivity contribution in [3.63, 3.8) is 0 Å². The molecule has 0 aromatic heterocycles. The molecule has 8 heteroatoms. The molecule has 1 N–H and O–H groups in total. The summed E-state index contributed by atoms with van der Waals surface area (Å²) in [4.78, 5) is 48.2. The molecule has 0 radical (unpaired) electrons. The van der Waals surface area contributed by atoms with Gasteiger partial charge >= 0.3 is 0 Å². The topological polar surface area (TPSA) is 81.2 Å². The Morgan fingerprint density at radius 3 is 2.46 bits per heavy atom. The fraction of sp³-hybridized carbons (Fsp3) is 0.581. The lowest BCUT2D eigenvalue weighted by molar-refractivity contribution is -0.145. The van der Waals surface area contributed by atoms with Crippen molar-refractivity contribution >= 4 is 29.5 Å². The number of aliphatic hydroxyl groups excluding tert-OH is 1. The molecule has 0 saturated carbocycles. The van der Waals surface area contributed by atoms with Crippen LogP contribution in [0.4, 0.5) is 0 Å². The molecule has 39 heavy (non-hydrogen) atoms. The Morgan fingerprint density at radius 2 is 1.85 bits per heavy atom. The number of benzene rings is 1. The van der Waals surface area contributed by atoms with Crippen LogP contribution in [0.25, 0.3) is 0 Å². The molecular weight excluding hydrogens is 510 g/mol. The average molecular weight is 554 g/mol. The first kappa shape index (κ1) is 29.4. The predicted molar refractivity (Wildman–Crippen MR) is 156 cm³/mol. The number of carbonyl (C=O) groups is 3. The summed E-state index contributed by atoms with van der Waals surface area (Å²) in [6, 6.07) is 9.18. The first-order valence-electron chi connectivity index (χ1n) is 14.2. The number of amides is 3. The lowest BCUT2D eigenvalue weighted by atomic mass is 9.65. The number of hydrogen-bond donors (Lipinski definition) is 1.